The normalized spacial score (nSPS) is 15.5. The molecule has 2 N–H and O–H groups in total. The summed E-state index contributed by atoms with van der Waals surface area (Å²) in [5.74, 6) is 0.390. The van der Waals surface area contributed by atoms with E-state index in [4.69, 9.17) is 14.5 Å². The summed E-state index contributed by atoms with van der Waals surface area (Å²) in [6, 6.07) is 13.1. The second kappa shape index (κ2) is 9.60. The summed E-state index contributed by atoms with van der Waals surface area (Å²) >= 11 is 1.63. The molecule has 1 fully saturated rings. The Morgan fingerprint density at radius 1 is 1.15 bits per heavy atom. The molecule has 3 heterocycles. The van der Waals surface area contributed by atoms with Gasteiger partial charge in [0.2, 0.25) is 5.91 Å². The van der Waals surface area contributed by atoms with Crippen LogP contribution in [0.4, 0.5) is 16.5 Å². The predicted molar refractivity (Wildman–Crippen MR) is 128 cm³/mol. The van der Waals surface area contributed by atoms with E-state index in [0.29, 0.717) is 24.3 Å². The van der Waals surface area contributed by atoms with Crippen LogP contribution in [-0.2, 0) is 20.7 Å². The number of nitrogens with one attached hydrogen (secondary N) is 2. The first-order valence-electron chi connectivity index (χ1n) is 10.9. The average molecular weight is 465 g/mol. The zero-order chi connectivity index (χ0) is 22.6. The summed E-state index contributed by atoms with van der Waals surface area (Å²) in [4.78, 5) is 30.8. The molecule has 0 aliphatic carbocycles. The number of anilines is 3. The van der Waals surface area contributed by atoms with Crippen molar-refractivity contribution in [1.29, 1.82) is 0 Å². The van der Waals surface area contributed by atoms with Gasteiger partial charge >= 0.3 is 0 Å². The third-order valence-electron chi connectivity index (χ3n) is 5.58. The summed E-state index contributed by atoms with van der Waals surface area (Å²) in [6.07, 6.45) is 1.13. The van der Waals surface area contributed by atoms with Crippen LogP contribution in [-0.4, -0.2) is 49.7 Å². The molecule has 2 aromatic carbocycles. The maximum atomic E-state index is 12.3. The van der Waals surface area contributed by atoms with Gasteiger partial charge in [-0.25, -0.2) is 4.98 Å². The van der Waals surface area contributed by atoms with Gasteiger partial charge in [0.25, 0.3) is 5.91 Å². The summed E-state index contributed by atoms with van der Waals surface area (Å²) in [6.45, 7) is 3.10. The summed E-state index contributed by atoms with van der Waals surface area (Å²) in [5, 5.41) is 8.75. The molecule has 8 nitrogen and oxygen atoms in total. The summed E-state index contributed by atoms with van der Waals surface area (Å²) in [5.41, 5.74) is 4.44. The zero-order valence-corrected chi connectivity index (χ0v) is 18.8. The first-order chi connectivity index (χ1) is 16.1. The first-order valence-corrected chi connectivity index (χ1v) is 11.8. The highest BCUT2D eigenvalue weighted by Gasteiger charge is 2.16. The van der Waals surface area contributed by atoms with Gasteiger partial charge < -0.3 is 25.0 Å². The van der Waals surface area contributed by atoms with E-state index < -0.39 is 0 Å². The fraction of sp³-hybridized carbons (Fsp3) is 0.292. The van der Waals surface area contributed by atoms with Crippen molar-refractivity contribution in [3.63, 3.8) is 0 Å². The van der Waals surface area contributed by atoms with Crippen molar-refractivity contribution in [2.24, 2.45) is 0 Å². The number of morpholine rings is 1. The molecule has 5 rings (SSSR count). The molecule has 2 aliphatic heterocycles. The van der Waals surface area contributed by atoms with Crippen LogP contribution in [0.3, 0.4) is 0 Å². The smallest absolute Gasteiger partial charge is 0.262 e. The Labute approximate surface area is 195 Å². The van der Waals surface area contributed by atoms with Crippen molar-refractivity contribution in [3.8, 4) is 17.0 Å². The van der Waals surface area contributed by atoms with E-state index >= 15 is 0 Å². The number of ether oxygens (including phenoxy) is 2. The third-order valence-corrected chi connectivity index (χ3v) is 6.48. The minimum atomic E-state index is -0.239. The Kier molecular flexibility index (Phi) is 6.23. The van der Waals surface area contributed by atoms with Crippen molar-refractivity contribution >= 4 is 39.7 Å². The van der Waals surface area contributed by atoms with Crippen LogP contribution in [0, 0.1) is 0 Å². The Morgan fingerprint density at radius 3 is 2.79 bits per heavy atom. The van der Waals surface area contributed by atoms with Crippen LogP contribution in [0.1, 0.15) is 12.0 Å². The third kappa shape index (κ3) is 5.15. The van der Waals surface area contributed by atoms with Gasteiger partial charge in [-0.15, -0.1) is 11.3 Å². The Bertz CT molecular complexity index is 1160. The van der Waals surface area contributed by atoms with E-state index in [-0.39, 0.29) is 18.4 Å². The van der Waals surface area contributed by atoms with Crippen LogP contribution in [0.25, 0.3) is 11.3 Å². The van der Waals surface area contributed by atoms with Crippen molar-refractivity contribution < 1.29 is 19.1 Å². The molecule has 0 spiro atoms. The second-order valence-corrected chi connectivity index (χ2v) is 8.73. The number of thiazole rings is 1. The highest BCUT2D eigenvalue weighted by atomic mass is 32.1. The van der Waals surface area contributed by atoms with Crippen LogP contribution in [0.2, 0.25) is 0 Å². The predicted octanol–water partition coefficient (Wildman–Crippen LogP) is 3.55. The van der Waals surface area contributed by atoms with Gasteiger partial charge in [0.1, 0.15) is 5.75 Å². The molecular formula is C24H24N4O4S. The molecule has 0 radical (unpaired) electrons. The molecular weight excluding hydrogens is 440 g/mol. The van der Waals surface area contributed by atoms with Crippen LogP contribution >= 0.6 is 11.3 Å². The topological polar surface area (TPSA) is 92.8 Å². The van der Waals surface area contributed by atoms with Crippen LogP contribution in [0.15, 0.2) is 47.8 Å². The fourth-order valence-corrected chi connectivity index (χ4v) is 4.71. The number of benzene rings is 2. The van der Waals surface area contributed by atoms with Gasteiger partial charge in [-0.2, -0.15) is 0 Å². The van der Waals surface area contributed by atoms with Crippen LogP contribution < -0.4 is 20.3 Å². The number of carbonyl (C=O) groups excluding carboxylic acids is 2. The number of aryl methyl sites for hydroxylation is 1. The lowest BCUT2D eigenvalue weighted by atomic mass is 10.0. The first kappa shape index (κ1) is 21.4. The van der Waals surface area contributed by atoms with E-state index in [1.165, 1.54) is 0 Å². The minimum Gasteiger partial charge on any atom is -0.484 e. The van der Waals surface area contributed by atoms with Crippen LogP contribution in [0.5, 0.6) is 5.75 Å². The maximum Gasteiger partial charge on any atom is 0.262 e. The molecule has 2 amide bonds. The Morgan fingerprint density at radius 2 is 1.97 bits per heavy atom. The molecule has 0 unspecified atom stereocenters. The van der Waals surface area contributed by atoms with Gasteiger partial charge in [-0.3, -0.25) is 9.59 Å². The number of amides is 2. The quantitative estimate of drug-likeness (QED) is 0.580. The highest BCUT2D eigenvalue weighted by molar-refractivity contribution is 7.14. The van der Waals surface area contributed by atoms with E-state index in [1.54, 1.807) is 23.5 Å². The summed E-state index contributed by atoms with van der Waals surface area (Å²) < 4.78 is 11.0. The minimum absolute atomic E-state index is 0.0221. The van der Waals surface area contributed by atoms with E-state index in [0.717, 1.165) is 53.9 Å². The monoisotopic (exact) mass is 464 g/mol. The molecule has 9 heteroatoms. The molecule has 170 valence electrons. The van der Waals surface area contributed by atoms with E-state index in [1.807, 2.05) is 30.3 Å². The lowest BCUT2D eigenvalue weighted by Gasteiger charge is -2.26. The van der Waals surface area contributed by atoms with Crippen molar-refractivity contribution in [3.05, 3.63) is 53.4 Å². The molecule has 3 aromatic rings. The van der Waals surface area contributed by atoms with Gasteiger partial charge in [-0.1, -0.05) is 12.1 Å². The van der Waals surface area contributed by atoms with Crippen molar-refractivity contribution in [2.45, 2.75) is 12.8 Å². The number of carbonyl (C=O) groups is 2. The molecule has 0 saturated carbocycles. The Balaban J connectivity index is 1.15. The molecule has 0 atom stereocenters. The van der Waals surface area contributed by atoms with Crippen molar-refractivity contribution in [1.82, 2.24) is 4.98 Å². The largest absolute Gasteiger partial charge is 0.484 e. The lowest BCUT2D eigenvalue weighted by molar-refractivity contribution is -0.118. The average Bonchev–Trinajstić information content (AvgIpc) is 3.34. The van der Waals surface area contributed by atoms with E-state index in [2.05, 4.69) is 20.9 Å². The highest BCUT2D eigenvalue weighted by Crippen LogP contribution is 2.29. The number of nitrogens with zero attached hydrogens (tertiary/aromatic N) is 2. The summed E-state index contributed by atoms with van der Waals surface area (Å²) in [7, 11) is 0. The fourth-order valence-electron chi connectivity index (χ4n) is 3.82. The van der Waals surface area contributed by atoms with Gasteiger partial charge in [0.15, 0.2) is 11.7 Å². The second-order valence-electron chi connectivity index (χ2n) is 7.90. The number of aromatic nitrogens is 1. The number of fused-ring (bicyclic) bond motifs is 1. The molecule has 2 aliphatic rings. The standard InChI is InChI=1S/C24H24N4O4S/c29-22-8-3-17-13-19(6-7-20(17)26-22)32-14-23(30)25-18-4-1-16(2-5-18)21-15-33-24(27-21)28-9-11-31-12-10-28/h1-2,4-7,13,15H,3,8-12,14H2,(H,25,30)(H,26,29). The van der Waals surface area contributed by atoms with Gasteiger partial charge in [0.05, 0.1) is 18.9 Å². The van der Waals surface area contributed by atoms with Gasteiger partial charge in [-0.05, 0) is 42.3 Å². The van der Waals surface area contributed by atoms with E-state index in [9.17, 15) is 9.59 Å². The Hall–Kier alpha value is -3.43. The zero-order valence-electron chi connectivity index (χ0n) is 18.0. The molecule has 33 heavy (non-hydrogen) atoms. The number of rotatable bonds is 6. The molecule has 1 aromatic heterocycles. The maximum absolute atomic E-state index is 12.3. The number of hydrogen-bond donors (Lipinski definition) is 2. The molecule has 0 bridgehead atoms. The lowest BCUT2D eigenvalue weighted by Crippen LogP contribution is -2.36. The SMILES string of the molecule is O=C(COc1ccc2c(c1)CCC(=O)N2)Nc1ccc(-c2csc(N3CCOCC3)n2)cc1. The number of hydrogen-bond acceptors (Lipinski definition) is 7. The molecule has 1 saturated heterocycles. The van der Waals surface area contributed by atoms with Gasteiger partial charge in [0, 0.05) is 41.8 Å². The van der Waals surface area contributed by atoms with Crippen molar-refractivity contribution in [2.75, 3.05) is 48.4 Å².